The molecule has 0 aromatic carbocycles. The monoisotopic (exact) mass is 321 g/mol. The van der Waals surface area contributed by atoms with Crippen LogP contribution in [0, 0.1) is 0 Å². The molecule has 0 bridgehead atoms. The van der Waals surface area contributed by atoms with E-state index in [2.05, 4.69) is 39.2 Å². The summed E-state index contributed by atoms with van der Waals surface area (Å²) in [5, 5.41) is 13.2. The molecule has 6 nitrogen and oxygen atoms in total. The van der Waals surface area contributed by atoms with Gasteiger partial charge in [0.05, 0.1) is 0 Å². The molecule has 0 spiro atoms. The molecule has 2 heterocycles. The summed E-state index contributed by atoms with van der Waals surface area (Å²) in [5.41, 5.74) is 0.283. The van der Waals surface area contributed by atoms with Crippen LogP contribution in [0.4, 0.5) is 5.95 Å². The van der Waals surface area contributed by atoms with Gasteiger partial charge in [-0.1, -0.05) is 19.9 Å². The van der Waals surface area contributed by atoms with Crippen LogP contribution in [-0.2, 0) is 6.42 Å². The van der Waals surface area contributed by atoms with Crippen LogP contribution in [0.1, 0.15) is 30.8 Å². The predicted octanol–water partition coefficient (Wildman–Crippen LogP) is 1.96. The van der Waals surface area contributed by atoms with E-state index in [0.717, 1.165) is 37.5 Å². The first-order valence-corrected chi connectivity index (χ1v) is 8.55. The highest BCUT2D eigenvalue weighted by Crippen LogP contribution is 2.11. The zero-order valence-electron chi connectivity index (χ0n) is 13.1. The minimum absolute atomic E-state index is 0.172. The van der Waals surface area contributed by atoms with Crippen molar-refractivity contribution in [2.75, 3.05) is 31.5 Å². The molecule has 0 radical (unpaired) electrons. The van der Waals surface area contributed by atoms with E-state index < -0.39 is 0 Å². The van der Waals surface area contributed by atoms with Gasteiger partial charge in [-0.3, -0.25) is 9.78 Å². The highest BCUT2D eigenvalue weighted by molar-refractivity contribution is 7.09. The maximum absolute atomic E-state index is 12.0. The standard InChI is InChI=1S/C15H23N5OS/c1-3-20(4-2)9-6-8-16-15-17-14(21)13(18-19-15)11-12-7-5-10-22-12/h5,7,10H,3-4,6,8-9,11H2,1-2H3,(H2,16,17,19,21). The molecule has 0 unspecified atom stereocenters. The van der Waals surface area contributed by atoms with Crippen LogP contribution in [0.15, 0.2) is 22.3 Å². The Bertz CT molecular complexity index is 607. The van der Waals surface area contributed by atoms with Crippen molar-refractivity contribution in [3.63, 3.8) is 0 Å². The van der Waals surface area contributed by atoms with Gasteiger partial charge in [-0.25, -0.2) is 0 Å². The van der Waals surface area contributed by atoms with E-state index in [9.17, 15) is 4.79 Å². The molecule has 2 aromatic heterocycles. The fourth-order valence-corrected chi connectivity index (χ4v) is 2.89. The van der Waals surface area contributed by atoms with Crippen molar-refractivity contribution in [3.05, 3.63) is 38.4 Å². The number of thiophene rings is 1. The maximum Gasteiger partial charge on any atom is 0.274 e. The topological polar surface area (TPSA) is 73.9 Å². The number of anilines is 1. The van der Waals surface area contributed by atoms with Crippen LogP contribution < -0.4 is 10.9 Å². The van der Waals surface area contributed by atoms with Crippen LogP contribution in [0.25, 0.3) is 0 Å². The van der Waals surface area contributed by atoms with E-state index in [1.54, 1.807) is 11.3 Å². The summed E-state index contributed by atoms with van der Waals surface area (Å²) in [5.74, 6) is 0.444. The van der Waals surface area contributed by atoms with Gasteiger partial charge in [0.25, 0.3) is 5.56 Å². The average molecular weight is 321 g/mol. The minimum atomic E-state index is -0.172. The van der Waals surface area contributed by atoms with Gasteiger partial charge in [0.1, 0.15) is 5.69 Å². The van der Waals surface area contributed by atoms with Gasteiger partial charge in [0, 0.05) is 17.8 Å². The Morgan fingerprint density at radius 1 is 1.32 bits per heavy atom. The van der Waals surface area contributed by atoms with Gasteiger partial charge < -0.3 is 10.2 Å². The van der Waals surface area contributed by atoms with Crippen LogP contribution >= 0.6 is 11.3 Å². The van der Waals surface area contributed by atoms with Crippen LogP contribution in [0.3, 0.4) is 0 Å². The second-order valence-electron chi connectivity index (χ2n) is 5.01. The summed E-state index contributed by atoms with van der Waals surface area (Å²) in [6, 6.07) is 3.96. The molecule has 0 saturated carbocycles. The van der Waals surface area contributed by atoms with Crippen molar-refractivity contribution in [2.24, 2.45) is 0 Å². The molecule has 0 aliphatic rings. The van der Waals surface area contributed by atoms with E-state index in [0.29, 0.717) is 18.1 Å². The zero-order valence-corrected chi connectivity index (χ0v) is 13.9. The van der Waals surface area contributed by atoms with Crippen LogP contribution in [-0.4, -0.2) is 46.3 Å². The normalized spacial score (nSPS) is 11.0. The first-order valence-electron chi connectivity index (χ1n) is 7.67. The molecule has 0 saturated heterocycles. The maximum atomic E-state index is 12.0. The smallest absolute Gasteiger partial charge is 0.274 e. The van der Waals surface area contributed by atoms with Gasteiger partial charge in [-0.05, 0) is 37.5 Å². The fourth-order valence-electron chi connectivity index (χ4n) is 2.18. The van der Waals surface area contributed by atoms with Crippen molar-refractivity contribution >= 4 is 17.3 Å². The van der Waals surface area contributed by atoms with E-state index in [-0.39, 0.29) is 5.56 Å². The van der Waals surface area contributed by atoms with Gasteiger partial charge in [-0.2, -0.15) is 0 Å². The fraction of sp³-hybridized carbons (Fsp3) is 0.533. The SMILES string of the molecule is CCN(CC)CCCNc1nnc(Cc2cccs2)c(=O)[nH]1. The number of rotatable bonds is 9. The zero-order chi connectivity index (χ0) is 15.8. The van der Waals surface area contributed by atoms with Crippen molar-refractivity contribution in [1.29, 1.82) is 0 Å². The quantitative estimate of drug-likeness (QED) is 0.691. The molecule has 0 fully saturated rings. The molecule has 0 aliphatic carbocycles. The first kappa shape index (κ1) is 16.6. The number of H-pyrrole nitrogens is 1. The molecule has 22 heavy (non-hydrogen) atoms. The lowest BCUT2D eigenvalue weighted by atomic mass is 10.3. The summed E-state index contributed by atoms with van der Waals surface area (Å²) in [4.78, 5) is 18.2. The Morgan fingerprint density at radius 2 is 2.14 bits per heavy atom. The molecular formula is C15H23N5OS. The number of nitrogens with one attached hydrogen (secondary N) is 2. The highest BCUT2D eigenvalue weighted by atomic mass is 32.1. The van der Waals surface area contributed by atoms with E-state index >= 15 is 0 Å². The third kappa shape index (κ3) is 4.92. The Hall–Kier alpha value is -1.73. The third-order valence-electron chi connectivity index (χ3n) is 3.52. The molecule has 0 amide bonds. The molecule has 0 atom stereocenters. The Morgan fingerprint density at radius 3 is 2.77 bits per heavy atom. The largest absolute Gasteiger partial charge is 0.354 e. The third-order valence-corrected chi connectivity index (χ3v) is 4.40. The summed E-state index contributed by atoms with van der Waals surface area (Å²) < 4.78 is 0. The lowest BCUT2D eigenvalue weighted by Crippen LogP contribution is -2.26. The number of nitrogens with zero attached hydrogens (tertiary/aromatic N) is 3. The summed E-state index contributed by atoms with van der Waals surface area (Å²) >= 11 is 1.61. The number of aromatic amines is 1. The predicted molar refractivity (Wildman–Crippen MR) is 90.7 cm³/mol. The van der Waals surface area contributed by atoms with Crippen molar-refractivity contribution in [1.82, 2.24) is 20.1 Å². The first-order chi connectivity index (χ1) is 10.7. The molecule has 2 rings (SSSR count). The Balaban J connectivity index is 1.83. The van der Waals surface area contributed by atoms with Gasteiger partial charge in [0.2, 0.25) is 5.95 Å². The lowest BCUT2D eigenvalue weighted by molar-refractivity contribution is 0.303. The van der Waals surface area contributed by atoms with E-state index in [4.69, 9.17) is 0 Å². The number of hydrogen-bond acceptors (Lipinski definition) is 6. The van der Waals surface area contributed by atoms with Gasteiger partial charge in [-0.15, -0.1) is 21.5 Å². The average Bonchev–Trinajstić information content (AvgIpc) is 3.03. The van der Waals surface area contributed by atoms with E-state index in [1.165, 1.54) is 0 Å². The molecular weight excluding hydrogens is 298 g/mol. The van der Waals surface area contributed by atoms with Gasteiger partial charge in [0.15, 0.2) is 0 Å². The molecule has 7 heteroatoms. The molecule has 120 valence electrons. The highest BCUT2D eigenvalue weighted by Gasteiger charge is 2.06. The minimum Gasteiger partial charge on any atom is -0.354 e. The van der Waals surface area contributed by atoms with Crippen LogP contribution in [0.2, 0.25) is 0 Å². The Kier molecular flexibility index (Phi) is 6.54. The van der Waals surface area contributed by atoms with Crippen LogP contribution in [0.5, 0.6) is 0 Å². The Labute approximate surface area is 134 Å². The molecule has 2 aromatic rings. The summed E-state index contributed by atoms with van der Waals surface area (Å²) in [7, 11) is 0. The van der Waals surface area contributed by atoms with Crippen molar-refractivity contribution < 1.29 is 0 Å². The molecule has 2 N–H and O–H groups in total. The molecule has 0 aliphatic heterocycles. The van der Waals surface area contributed by atoms with Crippen molar-refractivity contribution in [2.45, 2.75) is 26.7 Å². The second kappa shape index (κ2) is 8.65. The van der Waals surface area contributed by atoms with Gasteiger partial charge >= 0.3 is 0 Å². The van der Waals surface area contributed by atoms with E-state index in [1.807, 2.05) is 17.5 Å². The lowest BCUT2D eigenvalue weighted by Gasteiger charge is -2.17. The number of aromatic nitrogens is 3. The second-order valence-corrected chi connectivity index (χ2v) is 6.05. The number of hydrogen-bond donors (Lipinski definition) is 2. The van der Waals surface area contributed by atoms with Crippen molar-refractivity contribution in [3.8, 4) is 0 Å². The summed E-state index contributed by atoms with van der Waals surface area (Å²) in [6.07, 6.45) is 1.53. The summed E-state index contributed by atoms with van der Waals surface area (Å²) in [6.45, 7) is 8.24.